The predicted molar refractivity (Wildman–Crippen MR) is 60.3 cm³/mol. The normalized spacial score (nSPS) is 12.1. The van der Waals surface area contributed by atoms with E-state index in [-0.39, 0.29) is 5.75 Å². The number of aromatic hydroxyl groups is 1. The summed E-state index contributed by atoms with van der Waals surface area (Å²) in [4.78, 5) is 11.2. The molecule has 0 aliphatic carbocycles. The second-order valence-electron chi connectivity index (χ2n) is 3.32. The zero-order valence-corrected chi connectivity index (χ0v) is 9.36. The molecule has 5 nitrogen and oxygen atoms in total. The number of carbonyl (C=O) groups excluding carboxylic acids is 1. The average molecular weight is 224 g/mol. The van der Waals surface area contributed by atoms with Crippen molar-refractivity contribution in [3.05, 3.63) is 23.8 Å². The molecule has 0 aliphatic heterocycles. The number of carbonyl (C=O) groups is 1. The first-order valence-corrected chi connectivity index (χ1v) is 4.99. The van der Waals surface area contributed by atoms with Crippen molar-refractivity contribution in [2.75, 3.05) is 13.7 Å². The highest BCUT2D eigenvalue weighted by atomic mass is 16.5. The number of nitrogens with two attached hydrogens (primary N) is 1. The largest absolute Gasteiger partial charge is 0.504 e. The molecule has 0 aromatic heterocycles. The summed E-state index contributed by atoms with van der Waals surface area (Å²) in [5, 5.41) is 12.4. The second-order valence-corrected chi connectivity index (χ2v) is 3.32. The van der Waals surface area contributed by atoms with Crippen molar-refractivity contribution in [2.45, 2.75) is 13.0 Å². The van der Waals surface area contributed by atoms with Crippen molar-refractivity contribution < 1.29 is 14.6 Å². The molecule has 5 heteroatoms. The van der Waals surface area contributed by atoms with Gasteiger partial charge in [-0.3, -0.25) is 4.79 Å². The third-order valence-corrected chi connectivity index (χ3v) is 2.23. The quantitative estimate of drug-likeness (QED) is 0.681. The smallest absolute Gasteiger partial charge is 0.239 e. The van der Waals surface area contributed by atoms with E-state index in [0.717, 1.165) is 0 Å². The van der Waals surface area contributed by atoms with Crippen molar-refractivity contribution in [3.8, 4) is 11.5 Å². The van der Waals surface area contributed by atoms with Crippen LogP contribution in [0.3, 0.4) is 0 Å². The molecule has 0 fully saturated rings. The first-order valence-electron chi connectivity index (χ1n) is 4.99. The van der Waals surface area contributed by atoms with Crippen LogP contribution in [0.15, 0.2) is 18.2 Å². The summed E-state index contributed by atoms with van der Waals surface area (Å²) in [7, 11) is 1.45. The number of hydrogen-bond acceptors (Lipinski definition) is 4. The van der Waals surface area contributed by atoms with E-state index in [1.807, 2.05) is 6.92 Å². The van der Waals surface area contributed by atoms with Gasteiger partial charge in [-0.25, -0.2) is 0 Å². The highest BCUT2D eigenvalue weighted by molar-refractivity contribution is 5.81. The Kier molecular flexibility index (Phi) is 4.13. The zero-order chi connectivity index (χ0) is 12.1. The lowest BCUT2D eigenvalue weighted by molar-refractivity contribution is -0.120. The minimum absolute atomic E-state index is 0.0333. The lowest BCUT2D eigenvalue weighted by atomic mass is 10.1. The van der Waals surface area contributed by atoms with Gasteiger partial charge in [0.2, 0.25) is 5.91 Å². The third kappa shape index (κ3) is 2.64. The van der Waals surface area contributed by atoms with Gasteiger partial charge in [0, 0.05) is 0 Å². The number of ether oxygens (including phenoxy) is 1. The van der Waals surface area contributed by atoms with Crippen LogP contribution in [0.1, 0.15) is 18.5 Å². The molecule has 0 aliphatic rings. The molecular formula is C11H16N2O3. The summed E-state index contributed by atoms with van der Waals surface area (Å²) < 4.78 is 4.96. The van der Waals surface area contributed by atoms with Gasteiger partial charge in [0.15, 0.2) is 11.5 Å². The Hall–Kier alpha value is -1.75. The van der Waals surface area contributed by atoms with Crippen molar-refractivity contribution >= 4 is 5.91 Å². The molecule has 1 rings (SSSR count). The van der Waals surface area contributed by atoms with Crippen LogP contribution in [0.25, 0.3) is 0 Å². The molecule has 1 atom stereocenters. The van der Waals surface area contributed by atoms with E-state index in [0.29, 0.717) is 17.9 Å². The maximum absolute atomic E-state index is 11.2. The fourth-order valence-corrected chi connectivity index (χ4v) is 1.46. The molecule has 0 radical (unpaired) electrons. The topological polar surface area (TPSA) is 84.6 Å². The van der Waals surface area contributed by atoms with E-state index < -0.39 is 11.9 Å². The number of likely N-dealkylation sites (N-methyl/N-ethyl adjacent to an activating group) is 1. The minimum Gasteiger partial charge on any atom is -0.504 e. The Balaban J connectivity index is 3.05. The third-order valence-electron chi connectivity index (χ3n) is 2.23. The van der Waals surface area contributed by atoms with E-state index >= 15 is 0 Å². The van der Waals surface area contributed by atoms with Gasteiger partial charge in [-0.15, -0.1) is 0 Å². The van der Waals surface area contributed by atoms with Gasteiger partial charge in [-0.2, -0.15) is 0 Å². The maximum Gasteiger partial charge on any atom is 0.239 e. The van der Waals surface area contributed by atoms with Gasteiger partial charge in [-0.1, -0.05) is 13.0 Å². The van der Waals surface area contributed by atoms with Crippen LogP contribution in [0.4, 0.5) is 0 Å². The lowest BCUT2D eigenvalue weighted by Crippen LogP contribution is -2.33. The van der Waals surface area contributed by atoms with E-state index in [2.05, 4.69) is 5.32 Å². The molecule has 0 heterocycles. The summed E-state index contributed by atoms with van der Waals surface area (Å²) in [5.74, 6) is -0.109. The van der Waals surface area contributed by atoms with Crippen molar-refractivity contribution in [1.29, 1.82) is 0 Å². The molecule has 16 heavy (non-hydrogen) atoms. The first-order chi connectivity index (χ1) is 7.60. The number of phenols is 1. The monoisotopic (exact) mass is 224 g/mol. The molecule has 0 saturated heterocycles. The molecule has 0 bridgehead atoms. The van der Waals surface area contributed by atoms with Gasteiger partial charge >= 0.3 is 0 Å². The van der Waals surface area contributed by atoms with Crippen LogP contribution in [-0.4, -0.2) is 24.7 Å². The van der Waals surface area contributed by atoms with Gasteiger partial charge < -0.3 is 20.9 Å². The van der Waals surface area contributed by atoms with Gasteiger partial charge in [0.05, 0.1) is 7.11 Å². The van der Waals surface area contributed by atoms with Gasteiger partial charge in [0.25, 0.3) is 0 Å². The number of benzene rings is 1. The first kappa shape index (κ1) is 12.3. The van der Waals surface area contributed by atoms with E-state index in [4.69, 9.17) is 10.5 Å². The Morgan fingerprint density at radius 1 is 1.62 bits per heavy atom. The number of rotatable bonds is 5. The number of phenolic OH excluding ortho intramolecular Hbond substituents is 1. The number of primary amides is 1. The van der Waals surface area contributed by atoms with Gasteiger partial charge in [-0.05, 0) is 24.2 Å². The predicted octanol–water partition coefficient (Wildman–Crippen LogP) is 0.537. The Morgan fingerprint density at radius 2 is 2.31 bits per heavy atom. The molecule has 1 aromatic carbocycles. The van der Waals surface area contributed by atoms with E-state index in [1.54, 1.807) is 12.1 Å². The standard InChI is InChI=1S/C11H16N2O3/c1-3-13-10(11(12)15)7-4-5-8(14)9(6-7)16-2/h4-6,10,13-14H,3H2,1-2H3,(H2,12,15). The van der Waals surface area contributed by atoms with Crippen molar-refractivity contribution in [3.63, 3.8) is 0 Å². The van der Waals surface area contributed by atoms with Crippen LogP contribution >= 0.6 is 0 Å². The van der Waals surface area contributed by atoms with Crippen LogP contribution in [0, 0.1) is 0 Å². The van der Waals surface area contributed by atoms with E-state index in [1.165, 1.54) is 13.2 Å². The molecule has 1 amide bonds. The summed E-state index contributed by atoms with van der Waals surface area (Å²) in [5.41, 5.74) is 5.95. The molecule has 88 valence electrons. The summed E-state index contributed by atoms with van der Waals surface area (Å²) >= 11 is 0. The Morgan fingerprint density at radius 3 is 2.81 bits per heavy atom. The number of hydrogen-bond donors (Lipinski definition) is 3. The molecule has 4 N–H and O–H groups in total. The SMILES string of the molecule is CCNC(C(N)=O)c1ccc(O)c(OC)c1. The Labute approximate surface area is 94.2 Å². The second kappa shape index (κ2) is 5.37. The fourth-order valence-electron chi connectivity index (χ4n) is 1.46. The highest BCUT2D eigenvalue weighted by Gasteiger charge is 2.17. The number of nitrogens with one attached hydrogen (secondary N) is 1. The van der Waals surface area contributed by atoms with Crippen LogP contribution in [0.5, 0.6) is 11.5 Å². The van der Waals surface area contributed by atoms with Gasteiger partial charge in [0.1, 0.15) is 6.04 Å². The van der Waals surface area contributed by atoms with Crippen LogP contribution < -0.4 is 15.8 Å². The molecule has 1 aromatic rings. The summed E-state index contributed by atoms with van der Waals surface area (Å²) in [6.45, 7) is 2.50. The number of methoxy groups -OCH3 is 1. The van der Waals surface area contributed by atoms with Crippen molar-refractivity contribution in [1.82, 2.24) is 5.32 Å². The highest BCUT2D eigenvalue weighted by Crippen LogP contribution is 2.28. The summed E-state index contributed by atoms with van der Waals surface area (Å²) in [6, 6.07) is 4.13. The Bertz CT molecular complexity index is 379. The maximum atomic E-state index is 11.2. The zero-order valence-electron chi connectivity index (χ0n) is 9.36. The minimum atomic E-state index is -0.570. The van der Waals surface area contributed by atoms with Crippen LogP contribution in [-0.2, 0) is 4.79 Å². The average Bonchev–Trinajstić information content (AvgIpc) is 2.26. The number of amides is 1. The molecule has 0 saturated carbocycles. The van der Waals surface area contributed by atoms with Crippen molar-refractivity contribution in [2.24, 2.45) is 5.73 Å². The molecule has 0 spiro atoms. The lowest BCUT2D eigenvalue weighted by Gasteiger charge is -2.15. The summed E-state index contributed by atoms with van der Waals surface area (Å²) in [6.07, 6.45) is 0. The van der Waals surface area contributed by atoms with E-state index in [9.17, 15) is 9.90 Å². The fraction of sp³-hybridized carbons (Fsp3) is 0.364. The van der Waals surface area contributed by atoms with Crippen LogP contribution in [0.2, 0.25) is 0 Å². The molecular weight excluding hydrogens is 208 g/mol. The molecule has 1 unspecified atom stereocenters.